The van der Waals surface area contributed by atoms with Crippen molar-refractivity contribution in [2.75, 3.05) is 0 Å². The fourth-order valence-corrected chi connectivity index (χ4v) is 2.56. The average molecular weight is 266 g/mol. The third-order valence-electron chi connectivity index (χ3n) is 3.85. The summed E-state index contributed by atoms with van der Waals surface area (Å²) in [6, 6.07) is 16.1. The van der Waals surface area contributed by atoms with Crippen molar-refractivity contribution in [3.8, 4) is 0 Å². The summed E-state index contributed by atoms with van der Waals surface area (Å²) < 4.78 is 5.93. The first-order chi connectivity index (χ1) is 9.70. The molecule has 0 amide bonds. The van der Waals surface area contributed by atoms with Crippen molar-refractivity contribution in [2.45, 2.75) is 19.9 Å². The van der Waals surface area contributed by atoms with Gasteiger partial charge in [0.2, 0.25) is 0 Å². The summed E-state index contributed by atoms with van der Waals surface area (Å²) in [6.07, 6.45) is 0. The Labute approximate surface area is 118 Å². The molecule has 3 aromatic rings. The van der Waals surface area contributed by atoms with E-state index in [0.29, 0.717) is 0 Å². The molecule has 3 rings (SSSR count). The van der Waals surface area contributed by atoms with Gasteiger partial charge >= 0.3 is 0 Å². The van der Waals surface area contributed by atoms with Crippen molar-refractivity contribution in [1.29, 1.82) is 0 Å². The molecule has 0 spiro atoms. The highest BCUT2D eigenvalue weighted by atomic mass is 16.3. The number of rotatable bonds is 3. The van der Waals surface area contributed by atoms with Crippen LogP contribution in [0.5, 0.6) is 0 Å². The van der Waals surface area contributed by atoms with Crippen LogP contribution in [0, 0.1) is 13.8 Å². The summed E-state index contributed by atoms with van der Waals surface area (Å²) in [5.74, 6) is 6.60. The van der Waals surface area contributed by atoms with E-state index in [-0.39, 0.29) is 6.04 Å². The van der Waals surface area contributed by atoms with Crippen LogP contribution in [0.4, 0.5) is 0 Å². The highest BCUT2D eigenvalue weighted by molar-refractivity contribution is 5.78. The number of hydrogen-bond acceptors (Lipinski definition) is 3. The second kappa shape index (κ2) is 5.12. The molecule has 0 fully saturated rings. The molecule has 0 radical (unpaired) electrons. The largest absolute Gasteiger partial charge is 0.459 e. The summed E-state index contributed by atoms with van der Waals surface area (Å²) >= 11 is 0. The summed E-state index contributed by atoms with van der Waals surface area (Å²) in [7, 11) is 0. The van der Waals surface area contributed by atoms with E-state index in [4.69, 9.17) is 10.3 Å². The molecule has 0 saturated heterocycles. The van der Waals surface area contributed by atoms with Crippen LogP contribution >= 0.6 is 0 Å². The Morgan fingerprint density at radius 3 is 2.60 bits per heavy atom. The summed E-state index contributed by atoms with van der Waals surface area (Å²) in [6.45, 7) is 4.21. The van der Waals surface area contributed by atoms with Gasteiger partial charge in [0.15, 0.2) is 0 Å². The lowest BCUT2D eigenvalue weighted by Crippen LogP contribution is -2.29. The Kier molecular flexibility index (Phi) is 3.30. The highest BCUT2D eigenvalue weighted by Gasteiger charge is 2.19. The van der Waals surface area contributed by atoms with Crippen LogP contribution < -0.4 is 11.3 Å². The van der Waals surface area contributed by atoms with Crippen LogP contribution in [0.1, 0.15) is 28.5 Å². The van der Waals surface area contributed by atoms with E-state index >= 15 is 0 Å². The van der Waals surface area contributed by atoms with Gasteiger partial charge in [-0.25, -0.2) is 5.43 Å². The van der Waals surface area contributed by atoms with E-state index in [1.165, 1.54) is 11.1 Å². The zero-order chi connectivity index (χ0) is 14.1. The maximum absolute atomic E-state index is 5.93. The lowest BCUT2D eigenvalue weighted by atomic mass is 9.96. The summed E-state index contributed by atoms with van der Waals surface area (Å²) in [5.41, 5.74) is 7.38. The van der Waals surface area contributed by atoms with Crippen LogP contribution in [-0.4, -0.2) is 0 Å². The van der Waals surface area contributed by atoms with Crippen molar-refractivity contribution in [3.63, 3.8) is 0 Å². The fourth-order valence-electron chi connectivity index (χ4n) is 2.56. The molecule has 3 nitrogen and oxygen atoms in total. The van der Waals surface area contributed by atoms with E-state index in [1.807, 2.05) is 36.4 Å². The van der Waals surface area contributed by atoms with Gasteiger partial charge in [0.05, 0.1) is 0 Å². The Hall–Kier alpha value is -2.10. The van der Waals surface area contributed by atoms with Gasteiger partial charge in [-0.05, 0) is 42.7 Å². The first-order valence-electron chi connectivity index (χ1n) is 6.71. The Bertz CT molecular complexity index is 713. The van der Waals surface area contributed by atoms with Gasteiger partial charge in [-0.3, -0.25) is 5.84 Å². The Balaban J connectivity index is 2.11. The van der Waals surface area contributed by atoms with Crippen molar-refractivity contribution in [2.24, 2.45) is 5.84 Å². The lowest BCUT2D eigenvalue weighted by molar-refractivity contribution is 0.476. The predicted molar refractivity (Wildman–Crippen MR) is 81.3 cm³/mol. The SMILES string of the molecule is Cc1cccc(C(NN)c2cc3ccccc3o2)c1C. The van der Waals surface area contributed by atoms with Gasteiger partial charge in [0.1, 0.15) is 17.4 Å². The number of para-hydroxylation sites is 1. The number of hydrogen-bond donors (Lipinski definition) is 2. The van der Waals surface area contributed by atoms with Gasteiger partial charge in [-0.15, -0.1) is 0 Å². The number of aryl methyl sites for hydroxylation is 1. The predicted octanol–water partition coefficient (Wildman–Crippen LogP) is 3.60. The van der Waals surface area contributed by atoms with Gasteiger partial charge < -0.3 is 4.42 Å². The van der Waals surface area contributed by atoms with Gasteiger partial charge in [0.25, 0.3) is 0 Å². The van der Waals surface area contributed by atoms with Crippen molar-refractivity contribution in [3.05, 3.63) is 71.0 Å². The Morgan fingerprint density at radius 1 is 1.05 bits per heavy atom. The highest BCUT2D eigenvalue weighted by Crippen LogP contribution is 2.30. The lowest BCUT2D eigenvalue weighted by Gasteiger charge is -2.17. The molecule has 3 heteroatoms. The minimum absolute atomic E-state index is 0.137. The van der Waals surface area contributed by atoms with Crippen LogP contribution in [0.2, 0.25) is 0 Å². The molecule has 0 aliphatic heterocycles. The Morgan fingerprint density at radius 2 is 1.85 bits per heavy atom. The van der Waals surface area contributed by atoms with Crippen LogP contribution in [-0.2, 0) is 0 Å². The molecule has 1 unspecified atom stereocenters. The zero-order valence-corrected chi connectivity index (χ0v) is 11.7. The molecule has 1 aromatic heterocycles. The normalized spacial score (nSPS) is 12.8. The molecule has 1 heterocycles. The standard InChI is InChI=1S/C17H18N2O/c1-11-6-5-8-14(12(11)2)17(19-18)16-10-13-7-3-4-9-15(13)20-16/h3-10,17,19H,18H2,1-2H3. The van der Waals surface area contributed by atoms with E-state index in [1.54, 1.807) is 0 Å². The van der Waals surface area contributed by atoms with Crippen LogP contribution in [0.25, 0.3) is 11.0 Å². The third-order valence-corrected chi connectivity index (χ3v) is 3.85. The molecule has 102 valence electrons. The monoisotopic (exact) mass is 266 g/mol. The molecule has 0 aliphatic carbocycles. The molecule has 20 heavy (non-hydrogen) atoms. The molecular formula is C17H18N2O. The molecule has 0 bridgehead atoms. The van der Waals surface area contributed by atoms with Crippen molar-refractivity contribution >= 4 is 11.0 Å². The topological polar surface area (TPSA) is 51.2 Å². The zero-order valence-electron chi connectivity index (χ0n) is 11.7. The number of hydrazine groups is 1. The van der Waals surface area contributed by atoms with Gasteiger partial charge in [-0.1, -0.05) is 36.4 Å². The molecule has 1 atom stereocenters. The van der Waals surface area contributed by atoms with Crippen molar-refractivity contribution < 1.29 is 4.42 Å². The maximum Gasteiger partial charge on any atom is 0.134 e. The number of benzene rings is 2. The second-order valence-electron chi connectivity index (χ2n) is 5.08. The number of fused-ring (bicyclic) bond motifs is 1. The van der Waals surface area contributed by atoms with Crippen LogP contribution in [0.15, 0.2) is 52.9 Å². The van der Waals surface area contributed by atoms with E-state index in [2.05, 4.69) is 31.4 Å². The molecular weight excluding hydrogens is 248 g/mol. The fraction of sp³-hybridized carbons (Fsp3) is 0.176. The minimum Gasteiger partial charge on any atom is -0.459 e. The first kappa shape index (κ1) is 12.9. The third kappa shape index (κ3) is 2.11. The van der Waals surface area contributed by atoms with E-state index < -0.39 is 0 Å². The molecule has 3 N–H and O–H groups in total. The molecule has 2 aromatic carbocycles. The van der Waals surface area contributed by atoms with Gasteiger partial charge in [0, 0.05) is 5.39 Å². The first-order valence-corrected chi connectivity index (χ1v) is 6.71. The smallest absolute Gasteiger partial charge is 0.134 e. The minimum atomic E-state index is -0.137. The summed E-state index contributed by atoms with van der Waals surface area (Å²) in [4.78, 5) is 0. The van der Waals surface area contributed by atoms with Gasteiger partial charge in [-0.2, -0.15) is 0 Å². The molecule has 0 aliphatic rings. The maximum atomic E-state index is 5.93. The second-order valence-corrected chi connectivity index (χ2v) is 5.08. The van der Waals surface area contributed by atoms with E-state index in [0.717, 1.165) is 22.3 Å². The quantitative estimate of drug-likeness (QED) is 0.562. The van der Waals surface area contributed by atoms with Crippen LogP contribution in [0.3, 0.4) is 0 Å². The molecule has 0 saturated carbocycles. The van der Waals surface area contributed by atoms with E-state index in [9.17, 15) is 0 Å². The van der Waals surface area contributed by atoms with Crippen molar-refractivity contribution in [1.82, 2.24) is 5.43 Å². The number of furan rings is 1. The average Bonchev–Trinajstić information content (AvgIpc) is 2.87. The summed E-state index contributed by atoms with van der Waals surface area (Å²) in [5, 5.41) is 1.09. The number of nitrogens with one attached hydrogen (secondary N) is 1. The number of nitrogens with two attached hydrogens (primary N) is 1.